The Bertz CT molecular complexity index is 349. The third-order valence-electron chi connectivity index (χ3n) is 2.25. The second-order valence-electron chi connectivity index (χ2n) is 3.09. The van der Waals surface area contributed by atoms with Crippen molar-refractivity contribution in [2.45, 2.75) is 13.8 Å². The van der Waals surface area contributed by atoms with Crippen LogP contribution >= 0.6 is 0 Å². The van der Waals surface area contributed by atoms with Crippen molar-refractivity contribution in [3.63, 3.8) is 0 Å². The SMILES string of the molecule is Cc1cc2cc[cH-]c2cc1C.[Li+]. The summed E-state index contributed by atoms with van der Waals surface area (Å²) < 4.78 is 0. The van der Waals surface area contributed by atoms with Crippen LogP contribution in [0.2, 0.25) is 0 Å². The molecule has 0 unspecified atom stereocenters. The number of aryl methyl sites for hydroxylation is 2. The summed E-state index contributed by atoms with van der Waals surface area (Å²) in [7, 11) is 0. The van der Waals surface area contributed by atoms with Gasteiger partial charge in [-0.3, -0.25) is 0 Å². The fraction of sp³-hybridized carbons (Fsp3) is 0.182. The first kappa shape index (κ1) is 9.51. The predicted octanol–water partition coefficient (Wildman–Crippen LogP) is 0.180. The van der Waals surface area contributed by atoms with E-state index in [1.54, 1.807) is 0 Å². The number of rotatable bonds is 0. The summed E-state index contributed by atoms with van der Waals surface area (Å²) >= 11 is 0. The van der Waals surface area contributed by atoms with Crippen molar-refractivity contribution in [3.8, 4) is 0 Å². The molecule has 0 nitrogen and oxygen atoms in total. The van der Waals surface area contributed by atoms with Crippen LogP contribution in [0, 0.1) is 13.8 Å². The topological polar surface area (TPSA) is 0 Å². The molecule has 0 amide bonds. The molecule has 1 heteroatoms. The maximum atomic E-state index is 2.24. The van der Waals surface area contributed by atoms with Gasteiger partial charge in [0, 0.05) is 0 Å². The van der Waals surface area contributed by atoms with Gasteiger partial charge in [-0.25, -0.2) is 0 Å². The molecule has 12 heavy (non-hydrogen) atoms. The van der Waals surface area contributed by atoms with Crippen LogP contribution in [0.4, 0.5) is 0 Å². The molecule has 0 aliphatic heterocycles. The van der Waals surface area contributed by atoms with E-state index in [0.29, 0.717) is 0 Å². The van der Waals surface area contributed by atoms with E-state index >= 15 is 0 Å². The molecule has 0 spiro atoms. The average Bonchev–Trinajstić information content (AvgIpc) is 2.36. The fourth-order valence-corrected chi connectivity index (χ4v) is 1.40. The van der Waals surface area contributed by atoms with Gasteiger partial charge in [0.2, 0.25) is 0 Å². The molecule has 0 radical (unpaired) electrons. The van der Waals surface area contributed by atoms with E-state index in [-0.39, 0.29) is 18.9 Å². The Balaban J connectivity index is 0.000000720. The molecule has 2 aromatic carbocycles. The average molecular weight is 150 g/mol. The van der Waals surface area contributed by atoms with Crippen LogP contribution in [0.5, 0.6) is 0 Å². The minimum atomic E-state index is 0. The van der Waals surface area contributed by atoms with Gasteiger partial charge in [-0.2, -0.15) is 12.1 Å². The maximum absolute atomic E-state index is 2.24. The van der Waals surface area contributed by atoms with Crippen LogP contribution < -0.4 is 18.9 Å². The van der Waals surface area contributed by atoms with Crippen molar-refractivity contribution in [2.24, 2.45) is 0 Å². The Labute approximate surface area is 85.1 Å². The van der Waals surface area contributed by atoms with E-state index in [4.69, 9.17) is 0 Å². The van der Waals surface area contributed by atoms with Gasteiger partial charge >= 0.3 is 18.9 Å². The summed E-state index contributed by atoms with van der Waals surface area (Å²) in [5.41, 5.74) is 2.76. The molecule has 0 heterocycles. The number of hydrogen-bond acceptors (Lipinski definition) is 0. The zero-order chi connectivity index (χ0) is 7.84. The van der Waals surface area contributed by atoms with Crippen LogP contribution in [0.25, 0.3) is 10.8 Å². The number of benzene rings is 1. The van der Waals surface area contributed by atoms with E-state index in [1.165, 1.54) is 21.9 Å². The standard InChI is InChI=1S/C11H11.Li/c1-8-6-10-4-3-5-11(10)7-9(8)2;/h3-7H,1-2H3;/q-1;+1. The smallest absolute Gasteiger partial charge is 0.168 e. The zero-order valence-corrected chi connectivity index (χ0v) is 7.89. The first-order valence-electron chi connectivity index (χ1n) is 3.90. The molecular formula is C11H11Li. The largest absolute Gasteiger partial charge is 1.00 e. The first-order chi connectivity index (χ1) is 5.27. The Hall–Kier alpha value is -0.573. The summed E-state index contributed by atoms with van der Waals surface area (Å²) in [5, 5.41) is 2.71. The van der Waals surface area contributed by atoms with Gasteiger partial charge in [0.15, 0.2) is 0 Å². The van der Waals surface area contributed by atoms with Crippen molar-refractivity contribution < 1.29 is 18.9 Å². The van der Waals surface area contributed by atoms with Crippen LogP contribution in [0.3, 0.4) is 0 Å². The van der Waals surface area contributed by atoms with Gasteiger partial charge in [-0.05, 0) is 13.8 Å². The van der Waals surface area contributed by atoms with Crippen LogP contribution in [0.15, 0.2) is 30.3 Å². The maximum Gasteiger partial charge on any atom is 1.00 e. The number of hydrogen-bond donors (Lipinski definition) is 0. The van der Waals surface area contributed by atoms with Gasteiger partial charge in [-0.1, -0.05) is 11.1 Å². The van der Waals surface area contributed by atoms with Crippen molar-refractivity contribution in [1.82, 2.24) is 0 Å². The molecule has 0 bridgehead atoms. The molecule has 0 saturated heterocycles. The summed E-state index contributed by atoms with van der Waals surface area (Å²) in [5.74, 6) is 0. The van der Waals surface area contributed by atoms with Crippen molar-refractivity contribution in [1.29, 1.82) is 0 Å². The number of fused-ring (bicyclic) bond motifs is 1. The van der Waals surface area contributed by atoms with Gasteiger partial charge in [-0.15, -0.1) is 29.0 Å². The van der Waals surface area contributed by atoms with Crippen molar-refractivity contribution in [3.05, 3.63) is 41.5 Å². The fourth-order valence-electron chi connectivity index (χ4n) is 1.40. The van der Waals surface area contributed by atoms with Crippen LogP contribution in [0.1, 0.15) is 11.1 Å². The Morgan fingerprint density at radius 1 is 1.08 bits per heavy atom. The third-order valence-corrected chi connectivity index (χ3v) is 2.25. The van der Waals surface area contributed by atoms with Gasteiger partial charge in [0.25, 0.3) is 0 Å². The summed E-state index contributed by atoms with van der Waals surface area (Å²) in [6.07, 6.45) is 0. The molecular weight excluding hydrogens is 139 g/mol. The minimum absolute atomic E-state index is 0. The normalized spacial score (nSPS) is 9.83. The molecule has 0 fully saturated rings. The van der Waals surface area contributed by atoms with E-state index in [1.807, 2.05) is 0 Å². The molecule has 0 aliphatic rings. The van der Waals surface area contributed by atoms with Gasteiger partial charge in [0.1, 0.15) is 0 Å². The molecule has 0 saturated carbocycles. The molecule has 56 valence electrons. The Morgan fingerprint density at radius 3 is 2.50 bits per heavy atom. The summed E-state index contributed by atoms with van der Waals surface area (Å²) in [6.45, 7) is 4.31. The zero-order valence-electron chi connectivity index (χ0n) is 7.89. The molecule has 0 aromatic heterocycles. The molecule has 2 aromatic rings. The van der Waals surface area contributed by atoms with E-state index < -0.39 is 0 Å². The predicted molar refractivity (Wildman–Crippen MR) is 49.0 cm³/mol. The van der Waals surface area contributed by atoms with Crippen molar-refractivity contribution >= 4 is 10.8 Å². The first-order valence-corrected chi connectivity index (χ1v) is 3.90. The minimum Gasteiger partial charge on any atom is -0.168 e. The molecule has 0 atom stereocenters. The van der Waals surface area contributed by atoms with E-state index in [0.717, 1.165) is 0 Å². The van der Waals surface area contributed by atoms with E-state index in [2.05, 4.69) is 44.2 Å². The Kier molecular flexibility index (Phi) is 2.72. The molecule has 0 N–H and O–H groups in total. The summed E-state index contributed by atoms with van der Waals surface area (Å²) in [4.78, 5) is 0. The quantitative estimate of drug-likeness (QED) is 0.371. The Morgan fingerprint density at radius 2 is 1.75 bits per heavy atom. The second-order valence-corrected chi connectivity index (χ2v) is 3.09. The van der Waals surface area contributed by atoms with E-state index in [9.17, 15) is 0 Å². The summed E-state index contributed by atoms with van der Waals surface area (Å²) in [6, 6.07) is 10.9. The molecule has 0 aliphatic carbocycles. The van der Waals surface area contributed by atoms with Crippen LogP contribution in [-0.2, 0) is 0 Å². The van der Waals surface area contributed by atoms with Gasteiger partial charge < -0.3 is 0 Å². The third kappa shape index (κ3) is 1.46. The monoisotopic (exact) mass is 150 g/mol. The second kappa shape index (κ2) is 3.43. The van der Waals surface area contributed by atoms with Crippen molar-refractivity contribution in [2.75, 3.05) is 0 Å². The van der Waals surface area contributed by atoms with Gasteiger partial charge in [0.05, 0.1) is 0 Å². The molecule has 2 rings (SSSR count). The van der Waals surface area contributed by atoms with Crippen LogP contribution in [-0.4, -0.2) is 0 Å².